The number of hydrogen-bond donors (Lipinski definition) is 0. The number of anilines is 2. The molecule has 1 fully saturated rings. The molecule has 4 rings (SSSR count). The van der Waals surface area contributed by atoms with E-state index in [9.17, 15) is 8.42 Å². The number of sulfonamides is 1. The number of benzene rings is 2. The Hall–Kier alpha value is -1.17. The summed E-state index contributed by atoms with van der Waals surface area (Å²) in [6, 6.07) is 9.18. The maximum absolute atomic E-state index is 12.8. The summed E-state index contributed by atoms with van der Waals surface area (Å²) in [5.74, 6) is 0. The second-order valence-electron chi connectivity index (χ2n) is 9.71. The lowest BCUT2D eigenvalue weighted by atomic mass is 10.1. The van der Waals surface area contributed by atoms with E-state index in [2.05, 4.69) is 83.2 Å². The summed E-state index contributed by atoms with van der Waals surface area (Å²) in [4.78, 5) is 11.1. The first kappa shape index (κ1) is 26.9. The van der Waals surface area contributed by atoms with Crippen molar-refractivity contribution in [2.24, 2.45) is 4.99 Å². The molecule has 2 aliphatic rings. The van der Waals surface area contributed by atoms with Crippen molar-refractivity contribution in [1.29, 1.82) is 0 Å². The molecule has 192 valence electrons. The largest absolute Gasteiger partial charge is 0.378 e. The second kappa shape index (κ2) is 10.7. The van der Waals surface area contributed by atoms with E-state index in [1.807, 2.05) is 0 Å². The lowest BCUT2D eigenvalue weighted by Gasteiger charge is -2.26. The zero-order chi connectivity index (χ0) is 25.5. The van der Waals surface area contributed by atoms with Gasteiger partial charge in [-0.1, -0.05) is 21.5 Å². The van der Waals surface area contributed by atoms with E-state index in [4.69, 9.17) is 4.99 Å². The van der Waals surface area contributed by atoms with Gasteiger partial charge >= 0.3 is 0 Å². The Morgan fingerprint density at radius 1 is 1.03 bits per heavy atom. The number of nitrogens with zero attached hydrogens (tertiary/aromatic N) is 4. The molecule has 0 spiro atoms. The third-order valence-corrected chi connectivity index (χ3v) is 13.5. The van der Waals surface area contributed by atoms with Gasteiger partial charge in [0.2, 0.25) is 10.0 Å². The Bertz CT molecular complexity index is 1360. The van der Waals surface area contributed by atoms with Crippen molar-refractivity contribution in [3.8, 4) is 0 Å². The van der Waals surface area contributed by atoms with Crippen LogP contribution < -0.4 is 15.2 Å². The molecule has 9 heteroatoms. The summed E-state index contributed by atoms with van der Waals surface area (Å²) in [7, 11) is 0.837. The van der Waals surface area contributed by atoms with E-state index < -0.39 is 10.0 Å². The van der Waals surface area contributed by atoms with Crippen LogP contribution in [-0.4, -0.2) is 58.2 Å². The first-order valence-corrected chi connectivity index (χ1v) is 17.7. The van der Waals surface area contributed by atoms with Crippen LogP contribution in [0.25, 0.3) is 0 Å². The average Bonchev–Trinajstić information content (AvgIpc) is 3.10. The second-order valence-corrected chi connectivity index (χ2v) is 16.2. The van der Waals surface area contributed by atoms with E-state index in [1.165, 1.54) is 31.9 Å². The average molecular weight is 629 g/mol. The van der Waals surface area contributed by atoms with Gasteiger partial charge in [0.15, 0.2) is 0 Å². The Morgan fingerprint density at radius 3 is 2.37 bits per heavy atom. The zero-order valence-corrected chi connectivity index (χ0v) is 25.4. The lowest BCUT2D eigenvalue weighted by molar-refractivity contribution is 0.427. The molecular weight excluding hydrogens is 591 g/mol. The van der Waals surface area contributed by atoms with Crippen molar-refractivity contribution in [2.45, 2.75) is 57.1 Å². The zero-order valence-electron chi connectivity index (χ0n) is 21.6. The minimum absolute atomic E-state index is 0.120. The Kier molecular flexibility index (Phi) is 8.20. The molecule has 0 bridgehead atoms. The van der Waals surface area contributed by atoms with Crippen LogP contribution in [-0.2, 0) is 22.9 Å². The van der Waals surface area contributed by atoms with Crippen molar-refractivity contribution in [3.63, 3.8) is 0 Å². The van der Waals surface area contributed by atoms with E-state index in [-0.39, 0.29) is 12.9 Å². The molecule has 1 unspecified atom stereocenters. The summed E-state index contributed by atoms with van der Waals surface area (Å²) in [5.41, 5.74) is 6.13. The highest BCUT2D eigenvalue weighted by Crippen LogP contribution is 2.48. The highest BCUT2D eigenvalue weighted by atomic mass is 127. The standard InChI is InChI=1S/C26H37IN4O2S2/c1-7-19-14-21(29(5)6)16-23-25(19)28-26-20(8-2)15-22(17-24(26)34(23)27)30-10-9-11-31(13-12-30)35(32,33)18(3)4/h14-18H,7-13H2,1-6H3. The van der Waals surface area contributed by atoms with Gasteiger partial charge in [0.1, 0.15) is 0 Å². The predicted molar refractivity (Wildman–Crippen MR) is 158 cm³/mol. The summed E-state index contributed by atoms with van der Waals surface area (Å²) in [6.45, 7) is 10.6. The van der Waals surface area contributed by atoms with Crippen molar-refractivity contribution < 1.29 is 8.42 Å². The summed E-state index contributed by atoms with van der Waals surface area (Å²) >= 11 is 2.61. The molecule has 0 saturated carbocycles. The van der Waals surface area contributed by atoms with Gasteiger partial charge in [-0.2, -0.15) is 4.31 Å². The van der Waals surface area contributed by atoms with Crippen molar-refractivity contribution in [3.05, 3.63) is 45.3 Å². The Balaban J connectivity index is 1.80. The maximum atomic E-state index is 12.8. The molecule has 2 aliphatic heterocycles. The molecule has 2 aromatic rings. The number of halogens is 1. The fourth-order valence-corrected chi connectivity index (χ4v) is 9.45. The van der Waals surface area contributed by atoms with E-state index >= 15 is 0 Å². The number of fused-ring (bicyclic) bond motifs is 2. The molecule has 1 atom stereocenters. The van der Waals surface area contributed by atoms with Gasteiger partial charge in [0.05, 0.1) is 16.3 Å². The van der Waals surface area contributed by atoms with Gasteiger partial charge in [0.25, 0.3) is 0 Å². The fraction of sp³-hybridized carbons (Fsp3) is 0.538. The van der Waals surface area contributed by atoms with E-state index in [0.717, 1.165) is 36.9 Å². The summed E-state index contributed by atoms with van der Waals surface area (Å²) in [5, 5.41) is 0.750. The van der Waals surface area contributed by atoms with Crippen LogP contribution in [0.1, 0.15) is 45.2 Å². The Labute approximate surface area is 225 Å². The molecule has 0 radical (unpaired) electrons. The fourth-order valence-electron chi connectivity index (χ4n) is 4.74. The maximum Gasteiger partial charge on any atom is 0.216 e. The lowest BCUT2D eigenvalue weighted by Crippen LogP contribution is -2.39. The SMILES string of the molecule is CCc1cc(N(C)C)cc2c1N=c1c(CC)cc(N3CCCN(S(=O)(=O)C(C)C)CC3)cc1=S2I. The van der Waals surface area contributed by atoms with Crippen LogP contribution in [0.4, 0.5) is 17.1 Å². The molecule has 0 aromatic heterocycles. The highest BCUT2D eigenvalue weighted by molar-refractivity contribution is 14.2. The van der Waals surface area contributed by atoms with Crippen molar-refractivity contribution in [2.75, 3.05) is 50.1 Å². The molecule has 0 N–H and O–H groups in total. The van der Waals surface area contributed by atoms with Gasteiger partial charge in [-0.05, 0) is 89.7 Å². The third-order valence-electron chi connectivity index (χ3n) is 6.94. The first-order chi connectivity index (χ1) is 16.6. The summed E-state index contributed by atoms with van der Waals surface area (Å²) < 4.78 is 28.5. The van der Waals surface area contributed by atoms with Crippen LogP contribution in [0, 0.1) is 4.51 Å². The molecule has 0 amide bonds. The monoisotopic (exact) mass is 628 g/mol. The molecule has 1 saturated heterocycles. The van der Waals surface area contributed by atoms with Crippen molar-refractivity contribution >= 4 is 55.9 Å². The quantitative estimate of drug-likeness (QED) is 0.321. The minimum atomic E-state index is -3.23. The van der Waals surface area contributed by atoms with Crippen LogP contribution in [0.2, 0.25) is 0 Å². The van der Waals surface area contributed by atoms with Crippen LogP contribution >= 0.6 is 28.9 Å². The third kappa shape index (κ3) is 5.15. The normalized spacial score (nSPS) is 18.6. The smallest absolute Gasteiger partial charge is 0.216 e. The molecular formula is C26H37IN4O2S2. The topological polar surface area (TPSA) is 56.2 Å². The van der Waals surface area contributed by atoms with Crippen LogP contribution in [0.3, 0.4) is 0 Å². The predicted octanol–water partition coefficient (Wildman–Crippen LogP) is 5.32. The van der Waals surface area contributed by atoms with E-state index in [0.29, 0.717) is 19.6 Å². The van der Waals surface area contributed by atoms with Gasteiger partial charge in [-0.3, -0.25) is 0 Å². The van der Waals surface area contributed by atoms with E-state index in [1.54, 1.807) is 18.2 Å². The molecule has 35 heavy (non-hydrogen) atoms. The minimum Gasteiger partial charge on any atom is -0.378 e. The molecule has 2 aromatic carbocycles. The van der Waals surface area contributed by atoms with Crippen molar-refractivity contribution in [1.82, 2.24) is 4.31 Å². The molecule has 0 aliphatic carbocycles. The van der Waals surface area contributed by atoms with Gasteiger partial charge in [-0.25, -0.2) is 13.4 Å². The number of rotatable bonds is 6. The van der Waals surface area contributed by atoms with Gasteiger partial charge in [0, 0.05) is 61.1 Å². The molecule has 2 heterocycles. The number of hydrogen-bond acceptors (Lipinski definition) is 5. The van der Waals surface area contributed by atoms with Gasteiger partial charge < -0.3 is 9.80 Å². The van der Waals surface area contributed by atoms with Crippen LogP contribution in [0.15, 0.2) is 34.2 Å². The first-order valence-electron chi connectivity index (χ1n) is 12.5. The number of aryl methyl sites for hydroxylation is 2. The highest BCUT2D eigenvalue weighted by Gasteiger charge is 2.28. The van der Waals surface area contributed by atoms with Crippen LogP contribution in [0.5, 0.6) is 0 Å². The Morgan fingerprint density at radius 2 is 1.74 bits per heavy atom. The van der Waals surface area contributed by atoms with Gasteiger partial charge in [-0.15, -0.1) is 0 Å². The summed E-state index contributed by atoms with van der Waals surface area (Å²) in [6.07, 6.45) is 2.71. The molecule has 6 nitrogen and oxygen atoms in total.